The minimum Gasteiger partial charge on any atom is -0.480 e. The van der Waals surface area contributed by atoms with E-state index in [2.05, 4.69) is 5.32 Å². The number of fused-ring (bicyclic) bond motifs is 1. The maximum Gasteiger partial charge on any atom is 0.408 e. The number of hydrogen-bond donors (Lipinski definition) is 2. The van der Waals surface area contributed by atoms with Gasteiger partial charge >= 0.3 is 12.1 Å². The van der Waals surface area contributed by atoms with Gasteiger partial charge in [0.25, 0.3) is 0 Å². The number of carboxylic acid groups (broad SMARTS) is 1. The second kappa shape index (κ2) is 6.13. The average Bonchev–Trinajstić information content (AvgIpc) is 2.81. The van der Waals surface area contributed by atoms with Crippen molar-refractivity contribution in [2.75, 3.05) is 6.54 Å². The third-order valence-corrected chi connectivity index (χ3v) is 5.52. The predicted octanol–water partition coefficient (Wildman–Crippen LogP) is 2.49. The molecule has 4 atom stereocenters. The van der Waals surface area contributed by atoms with Gasteiger partial charge in [0, 0.05) is 12.5 Å². The Hall–Kier alpha value is -1.79. The Morgan fingerprint density at radius 3 is 2.12 bits per heavy atom. The Balaban J connectivity index is 2.20. The van der Waals surface area contributed by atoms with Crippen molar-refractivity contribution in [3.8, 4) is 0 Å². The highest BCUT2D eigenvalue weighted by Gasteiger charge is 2.70. The molecule has 1 saturated carbocycles. The summed E-state index contributed by atoms with van der Waals surface area (Å²) in [5.74, 6) is -1.19. The van der Waals surface area contributed by atoms with E-state index in [1.165, 1.54) is 4.90 Å². The molecule has 7 heteroatoms. The van der Waals surface area contributed by atoms with Gasteiger partial charge in [-0.3, -0.25) is 4.79 Å². The van der Waals surface area contributed by atoms with Gasteiger partial charge in [0.05, 0.1) is 0 Å². The highest BCUT2D eigenvalue weighted by atomic mass is 16.6. The fraction of sp³-hybridized carbons (Fsp3) is 0.842. The zero-order chi connectivity index (χ0) is 20.2. The van der Waals surface area contributed by atoms with E-state index >= 15 is 0 Å². The van der Waals surface area contributed by atoms with Crippen molar-refractivity contribution < 1.29 is 24.2 Å². The third-order valence-electron chi connectivity index (χ3n) is 5.52. The molecule has 0 radical (unpaired) electrons. The van der Waals surface area contributed by atoms with Gasteiger partial charge in [-0.25, -0.2) is 9.59 Å². The van der Waals surface area contributed by atoms with Crippen molar-refractivity contribution >= 4 is 18.0 Å². The molecular formula is C19H32N2O5. The largest absolute Gasteiger partial charge is 0.480 e. The Labute approximate surface area is 155 Å². The van der Waals surface area contributed by atoms with Gasteiger partial charge in [0.15, 0.2) is 0 Å². The van der Waals surface area contributed by atoms with E-state index in [-0.39, 0.29) is 23.2 Å². The molecule has 1 aliphatic heterocycles. The number of nitrogens with zero attached hydrogens (tertiary/aromatic N) is 1. The molecular weight excluding hydrogens is 336 g/mol. The molecule has 0 aromatic heterocycles. The average molecular weight is 368 g/mol. The number of ether oxygens (including phenoxy) is 1. The minimum absolute atomic E-state index is 0.0360. The molecule has 2 amide bonds. The van der Waals surface area contributed by atoms with Crippen LogP contribution in [0.5, 0.6) is 0 Å². The molecule has 2 rings (SSSR count). The number of piperidine rings is 1. The number of alkyl carbamates (subject to hydrolysis) is 1. The molecule has 0 spiro atoms. The molecule has 0 unspecified atom stereocenters. The number of aliphatic carboxylic acids is 1. The van der Waals surface area contributed by atoms with E-state index < -0.39 is 35.2 Å². The van der Waals surface area contributed by atoms with Crippen LogP contribution in [0.2, 0.25) is 0 Å². The number of rotatable bonds is 3. The summed E-state index contributed by atoms with van der Waals surface area (Å²) in [4.78, 5) is 38.6. The van der Waals surface area contributed by atoms with Crippen molar-refractivity contribution in [3.05, 3.63) is 0 Å². The monoisotopic (exact) mass is 368 g/mol. The van der Waals surface area contributed by atoms with Gasteiger partial charge in [-0.1, -0.05) is 34.6 Å². The maximum absolute atomic E-state index is 13.2. The molecule has 2 aliphatic rings. The number of hydrogen-bond acceptors (Lipinski definition) is 4. The topological polar surface area (TPSA) is 95.9 Å². The smallest absolute Gasteiger partial charge is 0.408 e. The number of likely N-dealkylation sites (tertiary alicyclic amines) is 1. The first-order valence-corrected chi connectivity index (χ1v) is 9.10. The Morgan fingerprint density at radius 1 is 1.15 bits per heavy atom. The van der Waals surface area contributed by atoms with Crippen LogP contribution in [-0.4, -0.2) is 52.2 Å². The van der Waals surface area contributed by atoms with E-state index in [0.29, 0.717) is 6.54 Å². The van der Waals surface area contributed by atoms with Crippen molar-refractivity contribution in [1.82, 2.24) is 10.2 Å². The van der Waals surface area contributed by atoms with E-state index in [9.17, 15) is 19.5 Å². The van der Waals surface area contributed by atoms with E-state index in [1.54, 1.807) is 20.8 Å². The van der Waals surface area contributed by atoms with E-state index in [1.807, 2.05) is 34.6 Å². The van der Waals surface area contributed by atoms with Gasteiger partial charge in [-0.2, -0.15) is 0 Å². The molecule has 26 heavy (non-hydrogen) atoms. The lowest BCUT2D eigenvalue weighted by Crippen LogP contribution is -2.58. The fourth-order valence-corrected chi connectivity index (χ4v) is 4.04. The van der Waals surface area contributed by atoms with Crippen molar-refractivity contribution in [2.24, 2.45) is 22.7 Å². The SMILES string of the molecule is CC(C)(C)OC(=O)N[C@H](C(=O)N1C[C@@H]2[C@H]([C@@H]1C(=O)O)C2(C)C)C(C)(C)C. The summed E-state index contributed by atoms with van der Waals surface area (Å²) in [5, 5.41) is 12.3. The van der Waals surface area contributed by atoms with Crippen LogP contribution in [0.15, 0.2) is 0 Å². The fourth-order valence-electron chi connectivity index (χ4n) is 4.04. The summed E-state index contributed by atoms with van der Waals surface area (Å²) in [6.45, 7) is 15.2. The lowest BCUT2D eigenvalue weighted by atomic mass is 9.85. The zero-order valence-corrected chi connectivity index (χ0v) is 17.0. The van der Waals surface area contributed by atoms with Gasteiger partial charge in [-0.15, -0.1) is 0 Å². The van der Waals surface area contributed by atoms with Crippen LogP contribution >= 0.6 is 0 Å². The zero-order valence-electron chi connectivity index (χ0n) is 17.0. The summed E-state index contributed by atoms with van der Waals surface area (Å²) < 4.78 is 5.28. The number of carboxylic acids is 1. The first kappa shape index (κ1) is 20.5. The summed E-state index contributed by atoms with van der Waals surface area (Å²) in [7, 11) is 0. The third kappa shape index (κ3) is 3.81. The van der Waals surface area contributed by atoms with Crippen LogP contribution in [0.3, 0.4) is 0 Å². The first-order chi connectivity index (χ1) is 11.6. The molecule has 0 aromatic rings. The van der Waals surface area contributed by atoms with Crippen LogP contribution in [-0.2, 0) is 14.3 Å². The van der Waals surface area contributed by atoms with Gasteiger partial charge in [0.1, 0.15) is 17.7 Å². The lowest BCUT2D eigenvalue weighted by Gasteiger charge is -2.37. The molecule has 1 aliphatic carbocycles. The number of amides is 2. The molecule has 148 valence electrons. The van der Waals surface area contributed by atoms with Crippen molar-refractivity contribution in [3.63, 3.8) is 0 Å². The molecule has 2 fully saturated rings. The minimum atomic E-state index is -0.985. The van der Waals surface area contributed by atoms with Crippen LogP contribution < -0.4 is 5.32 Å². The highest BCUT2D eigenvalue weighted by molar-refractivity contribution is 5.91. The van der Waals surface area contributed by atoms with Crippen LogP contribution in [0.1, 0.15) is 55.4 Å². The van der Waals surface area contributed by atoms with E-state index in [4.69, 9.17) is 4.74 Å². The predicted molar refractivity (Wildman–Crippen MR) is 96.5 cm³/mol. The molecule has 0 aromatic carbocycles. The number of nitrogens with one attached hydrogen (secondary N) is 1. The van der Waals surface area contributed by atoms with E-state index in [0.717, 1.165) is 0 Å². The Bertz CT molecular complexity index is 614. The van der Waals surface area contributed by atoms with Crippen LogP contribution in [0.25, 0.3) is 0 Å². The van der Waals surface area contributed by atoms with Crippen molar-refractivity contribution in [1.29, 1.82) is 0 Å². The second-order valence-corrected chi connectivity index (χ2v) is 10.2. The standard InChI is InChI=1S/C19H32N2O5/c1-17(2,3)13(20-16(25)26-18(4,5)6)14(22)21-9-10-11(19(10,7)8)12(21)15(23)24/h10-13H,9H2,1-8H3,(H,20,25)(H,23,24)/t10-,11-,12-,13-/m1/s1. The van der Waals surface area contributed by atoms with Crippen LogP contribution in [0, 0.1) is 22.7 Å². The quantitative estimate of drug-likeness (QED) is 0.798. The lowest BCUT2D eigenvalue weighted by molar-refractivity contribution is -0.152. The molecule has 1 saturated heterocycles. The molecule has 7 nitrogen and oxygen atoms in total. The molecule has 0 bridgehead atoms. The Kier molecular flexibility index (Phi) is 4.84. The second-order valence-electron chi connectivity index (χ2n) is 10.2. The van der Waals surface area contributed by atoms with Gasteiger partial charge < -0.3 is 20.1 Å². The number of carbonyl (C=O) groups excluding carboxylic acids is 2. The number of carbonyl (C=O) groups is 3. The molecule has 1 heterocycles. The normalized spacial score (nSPS) is 28.2. The van der Waals surface area contributed by atoms with Gasteiger partial charge in [-0.05, 0) is 37.5 Å². The maximum atomic E-state index is 13.2. The van der Waals surface area contributed by atoms with Crippen LogP contribution in [0.4, 0.5) is 4.79 Å². The summed E-state index contributed by atoms with van der Waals surface area (Å²) in [6, 6.07) is -1.70. The Morgan fingerprint density at radius 2 is 1.69 bits per heavy atom. The summed E-state index contributed by atoms with van der Waals surface area (Å²) >= 11 is 0. The summed E-state index contributed by atoms with van der Waals surface area (Å²) in [5.41, 5.74) is -1.33. The van der Waals surface area contributed by atoms with Gasteiger partial charge in [0.2, 0.25) is 5.91 Å². The summed E-state index contributed by atoms with van der Waals surface area (Å²) in [6.07, 6.45) is -0.678. The highest BCUT2D eigenvalue weighted by Crippen LogP contribution is 2.65. The molecule has 2 N–H and O–H groups in total. The van der Waals surface area contributed by atoms with Crippen molar-refractivity contribution in [2.45, 2.75) is 73.1 Å². The first-order valence-electron chi connectivity index (χ1n) is 9.10.